The van der Waals surface area contributed by atoms with Crippen LogP contribution in [0, 0.1) is 11.8 Å². The molecule has 3 N–H and O–H groups in total. The van der Waals surface area contributed by atoms with Gasteiger partial charge in [-0.25, -0.2) is 4.98 Å². The zero-order chi connectivity index (χ0) is 17.1. The van der Waals surface area contributed by atoms with Gasteiger partial charge in [0.25, 0.3) is 0 Å². The minimum atomic E-state index is -0.802. The number of aryl methyl sites for hydroxylation is 1. The van der Waals surface area contributed by atoms with Crippen LogP contribution in [0.1, 0.15) is 44.9 Å². The van der Waals surface area contributed by atoms with Crippen LogP contribution in [0.3, 0.4) is 0 Å². The number of H-pyrrole nitrogens is 1. The minimum absolute atomic E-state index is 0.0937. The van der Waals surface area contributed by atoms with Crippen LogP contribution in [0.25, 0.3) is 11.0 Å². The van der Waals surface area contributed by atoms with Crippen molar-refractivity contribution in [3.8, 4) is 0 Å². The average Bonchev–Trinajstić information content (AvgIpc) is 3.19. The summed E-state index contributed by atoms with van der Waals surface area (Å²) in [5.74, 6) is -0.538. The summed E-state index contributed by atoms with van der Waals surface area (Å²) in [5.41, 5.74) is 2.52. The number of anilines is 1. The Morgan fingerprint density at radius 3 is 2.83 bits per heavy atom. The number of benzene rings is 1. The number of nitrogens with one attached hydrogen (secondary N) is 2. The number of nitrogens with zero attached hydrogens (tertiary/aromatic N) is 1. The van der Waals surface area contributed by atoms with Crippen molar-refractivity contribution >= 4 is 28.6 Å². The number of carbonyl (C=O) groups is 2. The van der Waals surface area contributed by atoms with Gasteiger partial charge in [0.1, 0.15) is 5.82 Å². The van der Waals surface area contributed by atoms with E-state index in [9.17, 15) is 9.59 Å². The Balaban J connectivity index is 1.66. The van der Waals surface area contributed by atoms with Crippen LogP contribution >= 0.6 is 0 Å². The fourth-order valence-corrected chi connectivity index (χ4v) is 3.29. The molecule has 1 amide bonds. The summed E-state index contributed by atoms with van der Waals surface area (Å²) >= 11 is 0. The van der Waals surface area contributed by atoms with E-state index in [-0.39, 0.29) is 11.8 Å². The topological polar surface area (TPSA) is 95.1 Å². The first-order chi connectivity index (χ1) is 11.6. The van der Waals surface area contributed by atoms with Crippen LogP contribution in [0.2, 0.25) is 0 Å². The number of aliphatic carboxylic acids is 1. The molecule has 1 heterocycles. The van der Waals surface area contributed by atoms with Crippen molar-refractivity contribution in [1.82, 2.24) is 9.97 Å². The number of hydrogen-bond acceptors (Lipinski definition) is 3. The first kappa shape index (κ1) is 16.5. The lowest BCUT2D eigenvalue weighted by Crippen LogP contribution is -2.21. The number of aromatic amines is 1. The van der Waals surface area contributed by atoms with Gasteiger partial charge in [-0.3, -0.25) is 9.59 Å². The molecule has 24 heavy (non-hydrogen) atoms. The zero-order valence-corrected chi connectivity index (χ0v) is 13.8. The van der Waals surface area contributed by atoms with Gasteiger partial charge in [-0.2, -0.15) is 0 Å². The van der Waals surface area contributed by atoms with E-state index >= 15 is 0 Å². The standard InChI is InChI=1S/C18H23N3O3/c1-2-3-4-16-20-14-8-7-13(10-15(14)21-16)19-17(22)11-5-6-12(9-11)18(23)24/h7-8,10-12H,2-6,9H2,1H3,(H,19,22)(H,20,21)(H,23,24)/t11-,12+/m1/s1. The molecule has 1 aromatic heterocycles. The number of unbranched alkanes of at least 4 members (excludes halogenated alkanes) is 1. The number of fused-ring (bicyclic) bond motifs is 1. The molecular formula is C18H23N3O3. The van der Waals surface area contributed by atoms with Crippen molar-refractivity contribution in [3.05, 3.63) is 24.0 Å². The number of carbonyl (C=O) groups excluding carboxylic acids is 1. The number of imidazole rings is 1. The molecule has 0 spiro atoms. The number of carboxylic acid groups (broad SMARTS) is 1. The molecule has 6 nitrogen and oxygen atoms in total. The van der Waals surface area contributed by atoms with E-state index in [0.717, 1.165) is 41.8 Å². The molecule has 1 fully saturated rings. The molecule has 1 saturated carbocycles. The highest BCUT2D eigenvalue weighted by Gasteiger charge is 2.33. The number of aromatic nitrogens is 2. The second-order valence-corrected chi connectivity index (χ2v) is 6.55. The van der Waals surface area contributed by atoms with E-state index in [4.69, 9.17) is 5.11 Å². The van der Waals surface area contributed by atoms with E-state index in [1.807, 2.05) is 18.2 Å². The second-order valence-electron chi connectivity index (χ2n) is 6.55. The third-order valence-corrected chi connectivity index (χ3v) is 4.72. The van der Waals surface area contributed by atoms with Crippen LogP contribution in [0.4, 0.5) is 5.69 Å². The molecule has 6 heteroatoms. The highest BCUT2D eigenvalue weighted by atomic mass is 16.4. The van der Waals surface area contributed by atoms with Gasteiger partial charge in [-0.1, -0.05) is 13.3 Å². The smallest absolute Gasteiger partial charge is 0.306 e. The molecule has 2 aromatic rings. The molecule has 3 rings (SSSR count). The summed E-state index contributed by atoms with van der Waals surface area (Å²) in [6, 6.07) is 5.62. The van der Waals surface area contributed by atoms with E-state index in [1.165, 1.54) is 0 Å². The molecule has 0 aliphatic heterocycles. The van der Waals surface area contributed by atoms with E-state index in [1.54, 1.807) is 0 Å². The van der Waals surface area contributed by atoms with Crippen LogP contribution in [-0.4, -0.2) is 27.0 Å². The molecule has 1 aliphatic carbocycles. The lowest BCUT2D eigenvalue weighted by molar-refractivity contribution is -0.141. The van der Waals surface area contributed by atoms with Crippen LogP contribution in [-0.2, 0) is 16.0 Å². The molecule has 0 radical (unpaired) electrons. The van der Waals surface area contributed by atoms with Crippen LogP contribution in [0.5, 0.6) is 0 Å². The van der Waals surface area contributed by atoms with Gasteiger partial charge in [0.2, 0.25) is 5.91 Å². The number of rotatable bonds is 6. The molecule has 0 bridgehead atoms. The predicted molar refractivity (Wildman–Crippen MR) is 91.8 cm³/mol. The Labute approximate surface area is 140 Å². The van der Waals surface area contributed by atoms with Crippen molar-refractivity contribution in [2.24, 2.45) is 11.8 Å². The minimum Gasteiger partial charge on any atom is -0.481 e. The van der Waals surface area contributed by atoms with Crippen LogP contribution in [0.15, 0.2) is 18.2 Å². The van der Waals surface area contributed by atoms with E-state index in [2.05, 4.69) is 22.2 Å². The Bertz CT molecular complexity index is 753. The van der Waals surface area contributed by atoms with Gasteiger partial charge in [-0.05, 0) is 43.9 Å². The van der Waals surface area contributed by atoms with E-state index < -0.39 is 11.9 Å². The second kappa shape index (κ2) is 7.03. The summed E-state index contributed by atoms with van der Waals surface area (Å²) in [6.07, 6.45) is 4.77. The van der Waals surface area contributed by atoms with Crippen molar-refractivity contribution in [2.75, 3.05) is 5.32 Å². The summed E-state index contributed by atoms with van der Waals surface area (Å²) in [5, 5.41) is 12.0. The van der Waals surface area contributed by atoms with Crippen molar-refractivity contribution < 1.29 is 14.7 Å². The zero-order valence-electron chi connectivity index (χ0n) is 13.8. The number of amides is 1. The highest BCUT2D eigenvalue weighted by molar-refractivity contribution is 5.95. The summed E-state index contributed by atoms with van der Waals surface area (Å²) in [7, 11) is 0. The highest BCUT2D eigenvalue weighted by Crippen LogP contribution is 2.32. The summed E-state index contributed by atoms with van der Waals surface area (Å²) < 4.78 is 0. The Hall–Kier alpha value is -2.37. The molecule has 0 unspecified atom stereocenters. The average molecular weight is 329 g/mol. The van der Waals surface area contributed by atoms with E-state index in [0.29, 0.717) is 19.3 Å². The monoisotopic (exact) mass is 329 g/mol. The Morgan fingerprint density at radius 2 is 2.12 bits per heavy atom. The fraction of sp³-hybridized carbons (Fsp3) is 0.500. The largest absolute Gasteiger partial charge is 0.481 e. The molecule has 128 valence electrons. The SMILES string of the molecule is CCCCc1nc2ccc(NC(=O)[C@@H]3CC[C@H](C(=O)O)C3)cc2[nH]1. The maximum absolute atomic E-state index is 12.3. The van der Waals surface area contributed by atoms with Gasteiger partial charge >= 0.3 is 5.97 Å². The van der Waals surface area contributed by atoms with Crippen molar-refractivity contribution in [3.63, 3.8) is 0 Å². The Kier molecular flexibility index (Phi) is 4.83. The Morgan fingerprint density at radius 1 is 1.33 bits per heavy atom. The normalized spacial score (nSPS) is 20.4. The maximum atomic E-state index is 12.3. The quantitative estimate of drug-likeness (QED) is 0.757. The van der Waals surface area contributed by atoms with Crippen LogP contribution < -0.4 is 5.32 Å². The molecule has 1 aromatic carbocycles. The third kappa shape index (κ3) is 3.58. The summed E-state index contributed by atoms with van der Waals surface area (Å²) in [6.45, 7) is 2.15. The molecule has 1 aliphatic rings. The number of hydrogen-bond donors (Lipinski definition) is 3. The summed E-state index contributed by atoms with van der Waals surface area (Å²) in [4.78, 5) is 31.2. The first-order valence-corrected chi connectivity index (χ1v) is 8.59. The maximum Gasteiger partial charge on any atom is 0.306 e. The van der Waals surface area contributed by atoms with Gasteiger partial charge < -0.3 is 15.4 Å². The third-order valence-electron chi connectivity index (χ3n) is 4.72. The molecular weight excluding hydrogens is 306 g/mol. The lowest BCUT2D eigenvalue weighted by Gasteiger charge is -2.10. The molecule has 2 atom stereocenters. The lowest BCUT2D eigenvalue weighted by atomic mass is 10.0. The van der Waals surface area contributed by atoms with Gasteiger partial charge in [0.05, 0.1) is 17.0 Å². The van der Waals surface area contributed by atoms with Crippen molar-refractivity contribution in [1.29, 1.82) is 0 Å². The fourth-order valence-electron chi connectivity index (χ4n) is 3.29. The van der Waals surface area contributed by atoms with Gasteiger partial charge in [-0.15, -0.1) is 0 Å². The molecule has 0 saturated heterocycles. The van der Waals surface area contributed by atoms with Crippen molar-refractivity contribution in [2.45, 2.75) is 45.4 Å². The predicted octanol–water partition coefficient (Wildman–Crippen LogP) is 3.34. The first-order valence-electron chi connectivity index (χ1n) is 8.59. The number of carboxylic acids is 1. The van der Waals surface area contributed by atoms with Gasteiger partial charge in [0, 0.05) is 18.0 Å². The van der Waals surface area contributed by atoms with Gasteiger partial charge in [0.15, 0.2) is 0 Å².